The number of halogens is 1. The van der Waals surface area contributed by atoms with Gasteiger partial charge in [-0.15, -0.1) is 12.4 Å². The van der Waals surface area contributed by atoms with E-state index in [0.29, 0.717) is 19.6 Å². The van der Waals surface area contributed by atoms with Gasteiger partial charge in [0, 0.05) is 32.7 Å². The van der Waals surface area contributed by atoms with Crippen molar-refractivity contribution in [3.05, 3.63) is 35.9 Å². The van der Waals surface area contributed by atoms with Crippen molar-refractivity contribution in [1.82, 2.24) is 15.1 Å². The summed E-state index contributed by atoms with van der Waals surface area (Å²) in [5.41, 5.74) is 6.14. The SMILES string of the molecule is CC1(C)NC(=O)N(CCN(CCN)CCc2ccccc2)C1=O.Cl. The highest BCUT2D eigenvalue weighted by atomic mass is 35.5. The lowest BCUT2D eigenvalue weighted by molar-refractivity contribution is -0.130. The lowest BCUT2D eigenvalue weighted by atomic mass is 10.1. The zero-order valence-electron chi connectivity index (χ0n) is 14.3. The first-order valence-electron chi connectivity index (χ1n) is 8.04. The van der Waals surface area contributed by atoms with Crippen molar-refractivity contribution in [2.75, 3.05) is 32.7 Å². The fourth-order valence-electron chi connectivity index (χ4n) is 2.71. The van der Waals surface area contributed by atoms with E-state index < -0.39 is 5.54 Å². The summed E-state index contributed by atoms with van der Waals surface area (Å²) in [5.74, 6) is -0.168. The lowest BCUT2D eigenvalue weighted by Crippen LogP contribution is -2.43. The van der Waals surface area contributed by atoms with E-state index in [2.05, 4.69) is 22.3 Å². The van der Waals surface area contributed by atoms with Crippen molar-refractivity contribution >= 4 is 24.3 Å². The fraction of sp³-hybridized carbons (Fsp3) is 0.529. The van der Waals surface area contributed by atoms with Gasteiger partial charge in [0.15, 0.2) is 0 Å². The summed E-state index contributed by atoms with van der Waals surface area (Å²) >= 11 is 0. The van der Waals surface area contributed by atoms with Crippen molar-refractivity contribution in [2.24, 2.45) is 5.73 Å². The van der Waals surface area contributed by atoms with Crippen LogP contribution in [0.2, 0.25) is 0 Å². The predicted molar refractivity (Wildman–Crippen MR) is 97.2 cm³/mol. The Bertz CT molecular complexity index is 551. The van der Waals surface area contributed by atoms with Crippen LogP contribution in [-0.4, -0.2) is 60.0 Å². The maximum absolute atomic E-state index is 12.2. The molecule has 0 spiro atoms. The molecule has 3 amide bonds. The second kappa shape index (κ2) is 9.01. The summed E-state index contributed by atoms with van der Waals surface area (Å²) in [7, 11) is 0. The Hall–Kier alpha value is -1.63. The molecular weight excluding hydrogens is 328 g/mol. The van der Waals surface area contributed by atoms with Crippen molar-refractivity contribution in [1.29, 1.82) is 0 Å². The van der Waals surface area contributed by atoms with E-state index in [1.807, 2.05) is 18.2 Å². The third-order valence-corrected chi connectivity index (χ3v) is 4.09. The van der Waals surface area contributed by atoms with Crippen molar-refractivity contribution in [3.63, 3.8) is 0 Å². The standard InChI is InChI=1S/C17H26N4O2.ClH/c1-17(2)15(22)21(16(23)19-17)13-12-20(11-9-18)10-8-14-6-4-3-5-7-14;/h3-7H,8-13,18H2,1-2H3,(H,19,23);1H. The second-order valence-electron chi connectivity index (χ2n) is 6.38. The predicted octanol–water partition coefficient (Wildman–Crippen LogP) is 1.24. The van der Waals surface area contributed by atoms with Crippen LogP contribution in [0.5, 0.6) is 0 Å². The minimum atomic E-state index is -0.806. The summed E-state index contributed by atoms with van der Waals surface area (Å²) in [4.78, 5) is 27.6. The van der Waals surface area contributed by atoms with Crippen molar-refractivity contribution in [2.45, 2.75) is 25.8 Å². The number of hydrogen-bond acceptors (Lipinski definition) is 4. The molecule has 2 rings (SSSR count). The molecule has 7 heteroatoms. The smallest absolute Gasteiger partial charge is 0.325 e. The molecule has 0 aliphatic carbocycles. The van der Waals surface area contributed by atoms with Gasteiger partial charge in [-0.1, -0.05) is 30.3 Å². The maximum Gasteiger partial charge on any atom is 0.325 e. The molecule has 24 heavy (non-hydrogen) atoms. The van der Waals surface area contributed by atoms with Gasteiger partial charge < -0.3 is 11.1 Å². The van der Waals surface area contributed by atoms with Crippen LogP contribution in [0.1, 0.15) is 19.4 Å². The van der Waals surface area contributed by atoms with Gasteiger partial charge in [0.2, 0.25) is 0 Å². The summed E-state index contributed by atoms with van der Waals surface area (Å²) in [5, 5.41) is 2.70. The lowest BCUT2D eigenvalue weighted by Gasteiger charge is -2.24. The Kier molecular flexibility index (Phi) is 7.66. The van der Waals surface area contributed by atoms with E-state index in [-0.39, 0.29) is 24.3 Å². The van der Waals surface area contributed by atoms with Crippen LogP contribution in [0, 0.1) is 0 Å². The molecule has 1 fully saturated rings. The highest BCUT2D eigenvalue weighted by Crippen LogP contribution is 2.16. The van der Waals surface area contributed by atoms with Crippen LogP contribution in [-0.2, 0) is 11.2 Å². The first-order chi connectivity index (χ1) is 10.9. The molecule has 1 aromatic rings. The van der Waals surface area contributed by atoms with Gasteiger partial charge in [0.1, 0.15) is 5.54 Å². The van der Waals surface area contributed by atoms with Gasteiger partial charge in [-0.05, 0) is 25.8 Å². The van der Waals surface area contributed by atoms with Crippen molar-refractivity contribution in [3.8, 4) is 0 Å². The summed E-state index contributed by atoms with van der Waals surface area (Å²) in [6.45, 7) is 6.64. The van der Waals surface area contributed by atoms with E-state index >= 15 is 0 Å². The van der Waals surface area contributed by atoms with Gasteiger partial charge in [-0.2, -0.15) is 0 Å². The third kappa shape index (κ3) is 5.19. The van der Waals surface area contributed by atoms with Gasteiger partial charge in [0.25, 0.3) is 5.91 Å². The van der Waals surface area contributed by atoms with E-state index in [1.165, 1.54) is 10.5 Å². The number of imide groups is 1. The average molecular weight is 355 g/mol. The van der Waals surface area contributed by atoms with Crippen LogP contribution in [0.4, 0.5) is 4.79 Å². The number of carbonyl (C=O) groups excluding carboxylic acids is 2. The highest BCUT2D eigenvalue weighted by molar-refractivity contribution is 6.06. The van der Waals surface area contributed by atoms with Crippen LogP contribution >= 0.6 is 12.4 Å². The number of rotatable bonds is 8. The Balaban J connectivity index is 0.00000288. The normalized spacial score (nSPS) is 16.2. The summed E-state index contributed by atoms with van der Waals surface area (Å²) in [6, 6.07) is 9.94. The number of hydrogen-bond donors (Lipinski definition) is 2. The molecule has 0 aromatic heterocycles. The number of nitrogens with zero attached hydrogens (tertiary/aromatic N) is 2. The number of benzene rings is 1. The molecule has 1 aliphatic heterocycles. The number of urea groups is 1. The molecule has 1 aromatic carbocycles. The molecule has 0 radical (unpaired) electrons. The number of nitrogens with two attached hydrogens (primary N) is 1. The van der Waals surface area contributed by atoms with Crippen LogP contribution < -0.4 is 11.1 Å². The van der Waals surface area contributed by atoms with Gasteiger partial charge in [-0.3, -0.25) is 14.6 Å². The summed E-state index contributed by atoms with van der Waals surface area (Å²) in [6.07, 6.45) is 0.923. The molecule has 0 saturated carbocycles. The Morgan fingerprint density at radius 2 is 1.79 bits per heavy atom. The largest absolute Gasteiger partial charge is 0.329 e. The molecule has 3 N–H and O–H groups in total. The van der Waals surface area contributed by atoms with E-state index in [4.69, 9.17) is 5.73 Å². The maximum atomic E-state index is 12.2. The zero-order chi connectivity index (χ0) is 16.9. The number of carbonyl (C=O) groups is 2. The highest BCUT2D eigenvalue weighted by Gasteiger charge is 2.43. The second-order valence-corrected chi connectivity index (χ2v) is 6.38. The van der Waals surface area contributed by atoms with E-state index in [0.717, 1.165) is 19.5 Å². The molecule has 0 unspecified atom stereocenters. The van der Waals surface area contributed by atoms with E-state index in [9.17, 15) is 9.59 Å². The quantitative estimate of drug-likeness (QED) is 0.688. The molecule has 0 atom stereocenters. The van der Waals surface area contributed by atoms with Gasteiger partial charge >= 0.3 is 6.03 Å². The third-order valence-electron chi connectivity index (χ3n) is 4.09. The summed E-state index contributed by atoms with van der Waals surface area (Å²) < 4.78 is 0. The molecule has 1 aliphatic rings. The molecule has 1 saturated heterocycles. The van der Waals surface area contributed by atoms with Gasteiger partial charge in [-0.25, -0.2) is 4.79 Å². The monoisotopic (exact) mass is 354 g/mol. The molecular formula is C17H27ClN4O2. The van der Waals surface area contributed by atoms with Crippen LogP contribution in [0.25, 0.3) is 0 Å². The zero-order valence-corrected chi connectivity index (χ0v) is 15.1. The first-order valence-corrected chi connectivity index (χ1v) is 8.04. The van der Waals surface area contributed by atoms with Crippen LogP contribution in [0.15, 0.2) is 30.3 Å². The van der Waals surface area contributed by atoms with Gasteiger partial charge in [0.05, 0.1) is 0 Å². The fourth-order valence-corrected chi connectivity index (χ4v) is 2.71. The Morgan fingerprint density at radius 1 is 1.12 bits per heavy atom. The minimum Gasteiger partial charge on any atom is -0.329 e. The Morgan fingerprint density at radius 3 is 2.33 bits per heavy atom. The molecule has 0 bridgehead atoms. The molecule has 134 valence electrons. The Labute approximate surface area is 149 Å². The van der Waals surface area contributed by atoms with Crippen LogP contribution in [0.3, 0.4) is 0 Å². The molecule has 6 nitrogen and oxygen atoms in total. The topological polar surface area (TPSA) is 78.7 Å². The minimum absolute atomic E-state index is 0. The number of amides is 3. The number of nitrogens with one attached hydrogen (secondary N) is 1. The first kappa shape index (κ1) is 20.4. The van der Waals surface area contributed by atoms with E-state index in [1.54, 1.807) is 13.8 Å². The molecule has 1 heterocycles. The van der Waals surface area contributed by atoms with Crippen molar-refractivity contribution < 1.29 is 9.59 Å². The average Bonchev–Trinajstić information content (AvgIpc) is 2.72.